The fraction of sp³-hybridized carbons (Fsp3) is 0.438. The third-order valence-corrected chi connectivity index (χ3v) is 10.7. The van der Waals surface area contributed by atoms with Gasteiger partial charge in [0.25, 0.3) is 6.43 Å². The topological polar surface area (TPSA) is 124 Å². The predicted molar refractivity (Wildman–Crippen MR) is 170 cm³/mol. The molecule has 9 nitrogen and oxygen atoms in total. The summed E-state index contributed by atoms with van der Waals surface area (Å²) in [5.74, 6) is -1.94. The Morgan fingerprint density at radius 2 is 2.02 bits per heavy atom. The lowest BCUT2D eigenvalue weighted by Gasteiger charge is -2.31. The summed E-state index contributed by atoms with van der Waals surface area (Å²) >= 11 is 7.76. The van der Waals surface area contributed by atoms with Crippen LogP contribution in [0.3, 0.4) is 0 Å². The first-order valence-electron chi connectivity index (χ1n) is 15.3. The number of nitrogens with two attached hydrogens (primary N) is 1. The molecule has 2 fully saturated rings. The maximum atomic E-state index is 17.1. The number of halogens is 6. The van der Waals surface area contributed by atoms with Gasteiger partial charge in [0.2, 0.25) is 0 Å². The van der Waals surface area contributed by atoms with Crippen molar-refractivity contribution < 1.29 is 31.4 Å². The van der Waals surface area contributed by atoms with Crippen molar-refractivity contribution in [2.24, 2.45) is 0 Å². The van der Waals surface area contributed by atoms with Gasteiger partial charge in [0, 0.05) is 30.3 Å². The SMILES string of the molecule is N#CCCC1CN(CC(F)F)c2nc(OC[C@@]34CCCN3C[C@H](F)C4)nc3c(F)c(-c4ccc(F)c5sc(N)c(C#N)c45)c(Cl)c(c23)O1. The summed E-state index contributed by atoms with van der Waals surface area (Å²) in [6.07, 6.45) is -2.84. The molecule has 48 heavy (non-hydrogen) atoms. The molecule has 5 heterocycles. The van der Waals surface area contributed by atoms with Crippen LogP contribution in [0.4, 0.5) is 32.8 Å². The van der Waals surface area contributed by atoms with Crippen LogP contribution in [-0.2, 0) is 0 Å². The largest absolute Gasteiger partial charge is 0.486 e. The van der Waals surface area contributed by atoms with Crippen LogP contribution >= 0.6 is 22.9 Å². The summed E-state index contributed by atoms with van der Waals surface area (Å²) in [6, 6.07) is 6.01. The number of rotatable bonds is 8. The van der Waals surface area contributed by atoms with Crippen LogP contribution in [0.2, 0.25) is 5.02 Å². The first kappa shape index (κ1) is 32.4. The number of hydrogen-bond donors (Lipinski definition) is 1. The number of nitriles is 2. The minimum atomic E-state index is -2.83. The van der Waals surface area contributed by atoms with Gasteiger partial charge in [0.15, 0.2) is 11.6 Å². The Balaban J connectivity index is 1.47. The average molecular weight is 704 g/mol. The van der Waals surface area contributed by atoms with E-state index in [0.717, 1.165) is 23.8 Å². The van der Waals surface area contributed by atoms with Crippen LogP contribution in [0, 0.1) is 34.3 Å². The third-order valence-electron chi connectivity index (χ3n) is 9.32. The number of alkyl halides is 3. The summed E-state index contributed by atoms with van der Waals surface area (Å²) in [5.41, 5.74) is 4.73. The highest BCUT2D eigenvalue weighted by molar-refractivity contribution is 7.23. The van der Waals surface area contributed by atoms with E-state index >= 15 is 4.39 Å². The molecular formula is C32H27ClF5N7O2S. The van der Waals surface area contributed by atoms with Gasteiger partial charge in [-0.2, -0.15) is 20.5 Å². The van der Waals surface area contributed by atoms with Crippen molar-refractivity contribution in [2.75, 3.05) is 43.4 Å². The van der Waals surface area contributed by atoms with Crippen molar-refractivity contribution >= 4 is 54.7 Å². The first-order chi connectivity index (χ1) is 23.0. The molecule has 3 atom stereocenters. The second-order valence-corrected chi connectivity index (χ2v) is 13.7. The normalized spacial score (nSPS) is 22.1. The Labute approximate surface area is 280 Å². The molecule has 2 aromatic heterocycles. The molecule has 0 bridgehead atoms. The minimum absolute atomic E-state index is 0.00871. The molecule has 16 heteroatoms. The minimum Gasteiger partial charge on any atom is -0.486 e. The number of thiophene rings is 1. The number of nitrogens with zero attached hydrogens (tertiary/aromatic N) is 6. The maximum Gasteiger partial charge on any atom is 0.319 e. The van der Waals surface area contributed by atoms with Gasteiger partial charge < -0.3 is 20.1 Å². The fourth-order valence-electron chi connectivity index (χ4n) is 7.27. The van der Waals surface area contributed by atoms with Gasteiger partial charge in [-0.3, -0.25) is 4.90 Å². The second-order valence-electron chi connectivity index (χ2n) is 12.2. The van der Waals surface area contributed by atoms with Crippen LogP contribution in [0.1, 0.15) is 37.7 Å². The highest BCUT2D eigenvalue weighted by Gasteiger charge is 2.49. The molecule has 0 saturated carbocycles. The molecule has 0 aliphatic carbocycles. The molecule has 3 aliphatic heterocycles. The molecule has 3 aliphatic rings. The van der Waals surface area contributed by atoms with Gasteiger partial charge in [-0.25, -0.2) is 22.0 Å². The average Bonchev–Trinajstić information content (AvgIpc) is 3.66. The summed E-state index contributed by atoms with van der Waals surface area (Å²) in [4.78, 5) is 12.1. The summed E-state index contributed by atoms with van der Waals surface area (Å²) < 4.78 is 86.9. The number of aromatic nitrogens is 2. The van der Waals surface area contributed by atoms with Crippen molar-refractivity contribution in [3.8, 4) is 35.0 Å². The zero-order chi connectivity index (χ0) is 33.9. The smallest absolute Gasteiger partial charge is 0.319 e. The van der Waals surface area contributed by atoms with E-state index in [1.54, 1.807) is 0 Å². The van der Waals surface area contributed by atoms with Crippen LogP contribution < -0.4 is 20.1 Å². The van der Waals surface area contributed by atoms with Crippen LogP contribution in [0.5, 0.6) is 11.8 Å². The van der Waals surface area contributed by atoms with E-state index in [4.69, 9.17) is 26.8 Å². The van der Waals surface area contributed by atoms with Gasteiger partial charge in [0.05, 0.1) is 45.4 Å². The molecule has 1 unspecified atom stereocenters. The van der Waals surface area contributed by atoms with E-state index < -0.39 is 42.4 Å². The Bertz CT molecular complexity index is 2030. The van der Waals surface area contributed by atoms with Gasteiger partial charge in [-0.1, -0.05) is 17.7 Å². The summed E-state index contributed by atoms with van der Waals surface area (Å²) in [6.45, 7) is -0.0115. The first-order valence-corrected chi connectivity index (χ1v) is 16.5. The fourth-order valence-corrected chi connectivity index (χ4v) is 8.54. The van der Waals surface area contributed by atoms with E-state index in [1.165, 1.54) is 11.0 Å². The highest BCUT2D eigenvalue weighted by Crippen LogP contribution is 2.51. The van der Waals surface area contributed by atoms with Gasteiger partial charge in [-0.05, 0) is 37.4 Å². The molecule has 2 aromatic carbocycles. The van der Waals surface area contributed by atoms with E-state index in [2.05, 4.69) is 9.97 Å². The van der Waals surface area contributed by atoms with E-state index in [0.29, 0.717) is 13.0 Å². The Morgan fingerprint density at radius 3 is 2.77 bits per heavy atom. The molecule has 7 rings (SSSR count). The van der Waals surface area contributed by atoms with Gasteiger partial charge in [0.1, 0.15) is 47.1 Å². The number of benzene rings is 2. The molecule has 250 valence electrons. The van der Waals surface area contributed by atoms with E-state index in [-0.39, 0.29) is 104 Å². The number of hydrogen-bond acceptors (Lipinski definition) is 10. The second kappa shape index (κ2) is 12.4. The van der Waals surface area contributed by atoms with E-state index in [9.17, 15) is 28.1 Å². The maximum absolute atomic E-state index is 17.1. The van der Waals surface area contributed by atoms with E-state index in [1.807, 2.05) is 17.0 Å². The van der Waals surface area contributed by atoms with Gasteiger partial charge >= 0.3 is 6.01 Å². The zero-order valence-corrected chi connectivity index (χ0v) is 26.8. The lowest BCUT2D eigenvalue weighted by molar-refractivity contribution is 0.107. The number of anilines is 2. The molecule has 0 amide bonds. The molecule has 4 aromatic rings. The molecule has 2 saturated heterocycles. The number of fused-ring (bicyclic) bond motifs is 2. The molecule has 0 spiro atoms. The van der Waals surface area contributed by atoms with Crippen LogP contribution in [-0.4, -0.2) is 71.9 Å². The number of nitrogen functional groups attached to an aromatic ring is 1. The lowest BCUT2D eigenvalue weighted by Crippen LogP contribution is -2.43. The number of ether oxygens (including phenoxy) is 2. The van der Waals surface area contributed by atoms with Crippen molar-refractivity contribution in [2.45, 2.75) is 56.3 Å². The molecule has 0 radical (unpaired) electrons. The molecule has 2 N–H and O–H groups in total. The van der Waals surface area contributed by atoms with Crippen LogP contribution in [0.25, 0.3) is 32.1 Å². The van der Waals surface area contributed by atoms with Crippen molar-refractivity contribution in [1.82, 2.24) is 14.9 Å². The van der Waals surface area contributed by atoms with Gasteiger partial charge in [-0.15, -0.1) is 11.3 Å². The molecular weight excluding hydrogens is 677 g/mol. The van der Waals surface area contributed by atoms with Crippen molar-refractivity contribution in [1.29, 1.82) is 10.5 Å². The highest BCUT2D eigenvalue weighted by atomic mass is 35.5. The third kappa shape index (κ3) is 5.29. The summed E-state index contributed by atoms with van der Waals surface area (Å²) in [5, 5.41) is 18.8. The Hall–Kier alpha value is -4.18. The van der Waals surface area contributed by atoms with Crippen molar-refractivity contribution in [3.05, 3.63) is 34.4 Å². The predicted octanol–water partition coefficient (Wildman–Crippen LogP) is 6.99. The summed E-state index contributed by atoms with van der Waals surface area (Å²) in [7, 11) is 0. The Morgan fingerprint density at radius 1 is 1.21 bits per heavy atom. The van der Waals surface area contributed by atoms with Crippen molar-refractivity contribution in [3.63, 3.8) is 0 Å². The lowest BCUT2D eigenvalue weighted by atomic mass is 9.95. The monoisotopic (exact) mass is 703 g/mol. The van der Waals surface area contributed by atoms with Crippen LogP contribution in [0.15, 0.2) is 12.1 Å². The quantitative estimate of drug-likeness (QED) is 0.193. The zero-order valence-electron chi connectivity index (χ0n) is 25.2. The Kier molecular flexibility index (Phi) is 8.34. The standard InChI is InChI=1S/C32H27ClF5N7O2S/c33-24-22(17-4-5-19(35)28-21(17)18(10-40)29(41)48-28)25(38)26-23-27(24)47-16(3-1-7-39)12-44(13-20(36)37)30(23)43-31(42-26)46-14-32-6-2-8-45(32)11-15(34)9-32/h4-5,15-16,20H,1-3,6,8-9,11-14,41H2/t15-,16?,32+/m1/s1.